The summed E-state index contributed by atoms with van der Waals surface area (Å²) in [5.41, 5.74) is 5.78. The summed E-state index contributed by atoms with van der Waals surface area (Å²) in [5.74, 6) is -1.92. The summed E-state index contributed by atoms with van der Waals surface area (Å²) >= 11 is 0. The average molecular weight is 320 g/mol. The van der Waals surface area contributed by atoms with E-state index in [-0.39, 0.29) is 30.5 Å². The van der Waals surface area contributed by atoms with Crippen LogP contribution in [0.1, 0.15) is 40.0 Å². The molecule has 0 aromatic heterocycles. The molecule has 1 aromatic carbocycles. The van der Waals surface area contributed by atoms with Gasteiger partial charge >= 0.3 is 5.97 Å². The fourth-order valence-electron chi connectivity index (χ4n) is 2.53. The number of primary amides is 1. The van der Waals surface area contributed by atoms with E-state index in [2.05, 4.69) is 0 Å². The van der Waals surface area contributed by atoms with Crippen LogP contribution in [0.5, 0.6) is 0 Å². The van der Waals surface area contributed by atoms with E-state index < -0.39 is 11.9 Å². The van der Waals surface area contributed by atoms with Gasteiger partial charge < -0.3 is 20.5 Å². The van der Waals surface area contributed by atoms with E-state index in [9.17, 15) is 14.4 Å². The molecular weight excluding hydrogens is 300 g/mol. The van der Waals surface area contributed by atoms with Crippen molar-refractivity contribution in [3.8, 4) is 0 Å². The van der Waals surface area contributed by atoms with E-state index in [4.69, 9.17) is 15.6 Å². The summed E-state index contributed by atoms with van der Waals surface area (Å²) < 4.78 is 5.52. The number of carbonyl (C=O) groups is 3. The molecule has 1 saturated heterocycles. The van der Waals surface area contributed by atoms with Crippen molar-refractivity contribution in [3.63, 3.8) is 0 Å². The normalized spacial score (nSPS) is 17.0. The molecule has 1 atom stereocenters. The third-order valence-corrected chi connectivity index (χ3v) is 3.72. The first-order chi connectivity index (χ1) is 11.0. The van der Waals surface area contributed by atoms with E-state index in [1.807, 2.05) is 0 Å². The smallest absolute Gasteiger partial charge is 0.305 e. The molecule has 2 amide bonds. The fourth-order valence-corrected chi connectivity index (χ4v) is 2.53. The number of aliphatic carboxylic acids is 1. The quantitative estimate of drug-likeness (QED) is 0.775. The van der Waals surface area contributed by atoms with Crippen molar-refractivity contribution in [1.82, 2.24) is 4.90 Å². The van der Waals surface area contributed by atoms with E-state index >= 15 is 0 Å². The third-order valence-electron chi connectivity index (χ3n) is 3.72. The molecular formula is C16H20N2O5. The van der Waals surface area contributed by atoms with Gasteiger partial charge in [-0.05, 0) is 31.0 Å². The highest BCUT2D eigenvalue weighted by Crippen LogP contribution is 2.16. The Balaban J connectivity index is 2.14. The number of carboxylic acids is 1. The van der Waals surface area contributed by atoms with Gasteiger partial charge in [0.2, 0.25) is 5.91 Å². The molecule has 23 heavy (non-hydrogen) atoms. The van der Waals surface area contributed by atoms with Gasteiger partial charge in [0.05, 0.1) is 12.5 Å². The number of rotatable bonds is 7. The first-order valence-electron chi connectivity index (χ1n) is 7.50. The molecule has 3 N–H and O–H groups in total. The molecule has 7 heteroatoms. The Hall–Kier alpha value is -2.41. The highest BCUT2D eigenvalue weighted by Gasteiger charge is 2.24. The Labute approximate surface area is 134 Å². The second-order valence-corrected chi connectivity index (χ2v) is 5.47. The molecule has 1 aromatic rings. The van der Waals surface area contributed by atoms with Crippen LogP contribution in [0.15, 0.2) is 24.3 Å². The van der Waals surface area contributed by atoms with Gasteiger partial charge in [0.25, 0.3) is 5.91 Å². The largest absolute Gasteiger partial charge is 0.481 e. The van der Waals surface area contributed by atoms with Crippen LogP contribution in [-0.4, -0.2) is 53.6 Å². The molecule has 0 unspecified atom stereocenters. The van der Waals surface area contributed by atoms with Crippen LogP contribution >= 0.6 is 0 Å². The Kier molecular flexibility index (Phi) is 5.70. The van der Waals surface area contributed by atoms with Crippen LogP contribution in [0.3, 0.4) is 0 Å². The van der Waals surface area contributed by atoms with Gasteiger partial charge in [-0.15, -0.1) is 0 Å². The predicted octanol–water partition coefficient (Wildman–Crippen LogP) is 0.881. The van der Waals surface area contributed by atoms with Gasteiger partial charge in [0, 0.05) is 30.8 Å². The van der Waals surface area contributed by atoms with Gasteiger partial charge in [0.1, 0.15) is 0 Å². The summed E-state index contributed by atoms with van der Waals surface area (Å²) in [6, 6.07) is 6.11. The minimum atomic E-state index is -0.971. The van der Waals surface area contributed by atoms with Crippen LogP contribution < -0.4 is 5.73 Å². The van der Waals surface area contributed by atoms with Gasteiger partial charge in [-0.2, -0.15) is 0 Å². The lowest BCUT2D eigenvalue weighted by atomic mass is 10.1. The Bertz CT molecular complexity index is 596. The summed E-state index contributed by atoms with van der Waals surface area (Å²) in [6.07, 6.45) is 1.56. The summed E-state index contributed by atoms with van der Waals surface area (Å²) in [6.45, 7) is 1.09. The molecule has 1 aliphatic rings. The van der Waals surface area contributed by atoms with Crippen molar-refractivity contribution in [3.05, 3.63) is 35.4 Å². The highest BCUT2D eigenvalue weighted by atomic mass is 16.5. The van der Waals surface area contributed by atoms with Gasteiger partial charge in [-0.1, -0.05) is 6.07 Å². The molecule has 0 aliphatic carbocycles. The van der Waals surface area contributed by atoms with E-state index in [0.717, 1.165) is 12.8 Å². The lowest BCUT2D eigenvalue weighted by Crippen LogP contribution is -2.38. The average Bonchev–Trinajstić information content (AvgIpc) is 3.03. The zero-order valence-electron chi connectivity index (χ0n) is 12.7. The van der Waals surface area contributed by atoms with Gasteiger partial charge in [-0.3, -0.25) is 14.4 Å². The molecule has 7 nitrogen and oxygen atoms in total. The van der Waals surface area contributed by atoms with Crippen LogP contribution in [0, 0.1) is 0 Å². The van der Waals surface area contributed by atoms with Gasteiger partial charge in [-0.25, -0.2) is 0 Å². The molecule has 1 aliphatic heterocycles. The van der Waals surface area contributed by atoms with E-state index in [0.29, 0.717) is 18.7 Å². The highest BCUT2D eigenvalue weighted by molar-refractivity contribution is 5.99. The third kappa shape index (κ3) is 4.79. The number of nitrogens with zero attached hydrogens (tertiary/aromatic N) is 1. The maximum atomic E-state index is 12.6. The molecule has 0 spiro atoms. The van der Waals surface area contributed by atoms with Crippen molar-refractivity contribution < 1.29 is 24.2 Å². The number of nitrogens with two attached hydrogens (primary N) is 1. The van der Waals surface area contributed by atoms with Crippen molar-refractivity contribution >= 4 is 17.8 Å². The number of amides is 2. The van der Waals surface area contributed by atoms with Crippen LogP contribution in [0.2, 0.25) is 0 Å². The number of carbonyl (C=O) groups excluding carboxylic acids is 2. The van der Waals surface area contributed by atoms with Gasteiger partial charge in [0.15, 0.2) is 0 Å². The number of carboxylic acid groups (broad SMARTS) is 1. The number of hydrogen-bond donors (Lipinski definition) is 2. The van der Waals surface area contributed by atoms with Crippen molar-refractivity contribution in [1.29, 1.82) is 0 Å². The molecule has 124 valence electrons. The zero-order chi connectivity index (χ0) is 16.8. The predicted molar refractivity (Wildman–Crippen MR) is 82.1 cm³/mol. The van der Waals surface area contributed by atoms with E-state index in [1.54, 1.807) is 12.1 Å². The van der Waals surface area contributed by atoms with Crippen molar-refractivity contribution in [2.24, 2.45) is 5.73 Å². The minimum Gasteiger partial charge on any atom is -0.481 e. The van der Waals surface area contributed by atoms with Crippen LogP contribution in [0.25, 0.3) is 0 Å². The fraction of sp³-hybridized carbons (Fsp3) is 0.438. The number of ether oxygens (including phenoxy) is 1. The Morgan fingerprint density at radius 3 is 2.65 bits per heavy atom. The molecule has 0 saturated carbocycles. The number of hydrogen-bond acceptors (Lipinski definition) is 4. The molecule has 0 bridgehead atoms. The maximum Gasteiger partial charge on any atom is 0.305 e. The van der Waals surface area contributed by atoms with Crippen LogP contribution in [-0.2, 0) is 9.53 Å². The minimum absolute atomic E-state index is 0.0768. The second-order valence-electron chi connectivity index (χ2n) is 5.47. The summed E-state index contributed by atoms with van der Waals surface area (Å²) in [4.78, 5) is 36.2. The van der Waals surface area contributed by atoms with Crippen LogP contribution in [0.4, 0.5) is 0 Å². The molecule has 0 radical (unpaired) electrons. The Morgan fingerprint density at radius 2 is 2.04 bits per heavy atom. The second kappa shape index (κ2) is 7.73. The summed E-state index contributed by atoms with van der Waals surface area (Å²) in [7, 11) is 0. The lowest BCUT2D eigenvalue weighted by Gasteiger charge is -2.25. The zero-order valence-corrected chi connectivity index (χ0v) is 12.7. The van der Waals surface area contributed by atoms with E-state index in [1.165, 1.54) is 17.0 Å². The van der Waals surface area contributed by atoms with Crippen molar-refractivity contribution in [2.75, 3.05) is 19.7 Å². The Morgan fingerprint density at radius 1 is 1.30 bits per heavy atom. The first-order valence-corrected chi connectivity index (χ1v) is 7.50. The first kappa shape index (κ1) is 17.0. The monoisotopic (exact) mass is 320 g/mol. The number of benzene rings is 1. The standard InChI is InChI=1S/C16H20N2O5/c17-15(21)11-3-1-4-12(9-11)16(22)18(7-6-14(19)20)10-13-5-2-8-23-13/h1,3-4,9,13H,2,5-8,10H2,(H2,17,21)(H,19,20)/t13-/m1/s1. The molecule has 1 fully saturated rings. The summed E-state index contributed by atoms with van der Waals surface area (Å²) in [5, 5.41) is 8.86. The topological polar surface area (TPSA) is 110 Å². The molecule has 1 heterocycles. The SMILES string of the molecule is NC(=O)c1cccc(C(=O)N(CCC(=O)O)C[C@H]2CCCO2)c1. The van der Waals surface area contributed by atoms with Crippen molar-refractivity contribution in [2.45, 2.75) is 25.4 Å². The molecule has 2 rings (SSSR count). The maximum absolute atomic E-state index is 12.6. The lowest BCUT2D eigenvalue weighted by molar-refractivity contribution is -0.137.